The van der Waals surface area contributed by atoms with E-state index in [-0.39, 0.29) is 10.3 Å². The van der Waals surface area contributed by atoms with Crippen molar-refractivity contribution in [3.05, 3.63) is 28.2 Å². The zero-order chi connectivity index (χ0) is 11.2. The van der Waals surface area contributed by atoms with Crippen LogP contribution in [0.2, 0.25) is 0 Å². The van der Waals surface area contributed by atoms with Gasteiger partial charge in [-0.1, -0.05) is 11.8 Å². The first kappa shape index (κ1) is 10.5. The Morgan fingerprint density at radius 3 is 2.73 bits per heavy atom. The van der Waals surface area contributed by atoms with Gasteiger partial charge >= 0.3 is 0 Å². The van der Waals surface area contributed by atoms with Crippen molar-refractivity contribution in [2.45, 2.75) is 37.6 Å². The minimum absolute atomic E-state index is 0.00856. The Kier molecular flexibility index (Phi) is 2.26. The van der Waals surface area contributed by atoms with Crippen molar-refractivity contribution >= 4 is 17.5 Å². The van der Waals surface area contributed by atoms with Crippen LogP contribution in [0.4, 0.5) is 0 Å². The van der Waals surface area contributed by atoms with Crippen LogP contribution in [-0.4, -0.2) is 14.3 Å². The quantitative estimate of drug-likeness (QED) is 0.632. The lowest BCUT2D eigenvalue weighted by Crippen LogP contribution is -2.28. The smallest absolute Gasteiger partial charge is 0.258 e. The highest BCUT2D eigenvalue weighted by atomic mass is 32.2. The predicted molar refractivity (Wildman–Crippen MR) is 63.1 cm³/mol. The van der Waals surface area contributed by atoms with E-state index in [0.717, 1.165) is 16.5 Å². The SMILES string of the molecule is CC1=CC(C)(C)Sc2nc(C)cc(=O)n21. The first-order valence-corrected chi connectivity index (χ1v) is 5.70. The van der Waals surface area contributed by atoms with Gasteiger partial charge in [-0.2, -0.15) is 0 Å². The van der Waals surface area contributed by atoms with Gasteiger partial charge in [0.15, 0.2) is 5.16 Å². The van der Waals surface area contributed by atoms with Crippen molar-refractivity contribution in [2.24, 2.45) is 0 Å². The summed E-state index contributed by atoms with van der Waals surface area (Å²) >= 11 is 1.62. The third-order valence-electron chi connectivity index (χ3n) is 2.28. The van der Waals surface area contributed by atoms with Gasteiger partial charge in [0.05, 0.1) is 0 Å². The minimum atomic E-state index is 0.00856. The Bertz CT molecular complexity index is 500. The molecule has 0 spiro atoms. The molecule has 0 bridgehead atoms. The molecule has 0 amide bonds. The fraction of sp³-hybridized carbons (Fsp3) is 0.455. The van der Waals surface area contributed by atoms with Crippen LogP contribution in [0.25, 0.3) is 5.70 Å². The van der Waals surface area contributed by atoms with E-state index in [4.69, 9.17) is 0 Å². The summed E-state index contributed by atoms with van der Waals surface area (Å²) in [4.78, 5) is 16.2. The van der Waals surface area contributed by atoms with Crippen molar-refractivity contribution < 1.29 is 0 Å². The highest BCUT2D eigenvalue weighted by Gasteiger charge is 2.26. The molecule has 15 heavy (non-hydrogen) atoms. The van der Waals surface area contributed by atoms with Gasteiger partial charge < -0.3 is 0 Å². The molecular weight excluding hydrogens is 208 g/mol. The molecule has 0 saturated carbocycles. The maximum atomic E-state index is 11.8. The van der Waals surface area contributed by atoms with Gasteiger partial charge in [-0.3, -0.25) is 9.36 Å². The molecule has 0 atom stereocenters. The average Bonchev–Trinajstić information content (AvgIpc) is 1.97. The summed E-state index contributed by atoms with van der Waals surface area (Å²) in [6.07, 6.45) is 2.10. The molecule has 3 nitrogen and oxygen atoms in total. The molecule has 2 rings (SSSR count). The third kappa shape index (κ3) is 1.86. The van der Waals surface area contributed by atoms with Gasteiger partial charge in [-0.05, 0) is 33.8 Å². The summed E-state index contributed by atoms with van der Waals surface area (Å²) in [6, 6.07) is 1.57. The Labute approximate surface area is 93.2 Å². The molecule has 80 valence electrons. The van der Waals surface area contributed by atoms with E-state index in [9.17, 15) is 4.79 Å². The molecule has 1 aromatic heterocycles. The molecule has 0 aromatic carbocycles. The minimum Gasteiger partial charge on any atom is -0.269 e. The summed E-state index contributed by atoms with van der Waals surface area (Å²) in [5, 5.41) is 0.796. The Morgan fingerprint density at radius 2 is 2.07 bits per heavy atom. The molecule has 1 aliphatic heterocycles. The zero-order valence-corrected chi connectivity index (χ0v) is 10.2. The Balaban J connectivity index is 2.70. The number of thioether (sulfide) groups is 1. The van der Waals surface area contributed by atoms with Crippen LogP contribution >= 0.6 is 11.8 Å². The van der Waals surface area contributed by atoms with E-state index < -0.39 is 0 Å². The van der Waals surface area contributed by atoms with E-state index in [0.29, 0.717) is 0 Å². The third-order valence-corrected chi connectivity index (χ3v) is 3.38. The van der Waals surface area contributed by atoms with Gasteiger partial charge in [-0.15, -0.1) is 0 Å². The topological polar surface area (TPSA) is 34.9 Å². The second-order valence-corrected chi connectivity index (χ2v) is 5.97. The molecule has 1 aromatic rings. The number of fused-ring (bicyclic) bond motifs is 1. The summed E-state index contributed by atoms with van der Waals surface area (Å²) in [5.74, 6) is 0. The Morgan fingerprint density at radius 1 is 1.40 bits per heavy atom. The van der Waals surface area contributed by atoms with Crippen LogP contribution in [-0.2, 0) is 0 Å². The number of hydrogen-bond acceptors (Lipinski definition) is 3. The predicted octanol–water partition coefficient (Wildman–Crippen LogP) is 2.30. The van der Waals surface area contributed by atoms with Crippen molar-refractivity contribution in [3.63, 3.8) is 0 Å². The lowest BCUT2D eigenvalue weighted by atomic mass is 10.1. The van der Waals surface area contributed by atoms with E-state index in [1.807, 2.05) is 13.8 Å². The number of aryl methyl sites for hydroxylation is 1. The maximum absolute atomic E-state index is 11.8. The number of nitrogens with zero attached hydrogens (tertiary/aromatic N) is 2. The monoisotopic (exact) mass is 222 g/mol. The molecule has 1 aliphatic rings. The normalized spacial score (nSPS) is 18.3. The maximum Gasteiger partial charge on any atom is 0.258 e. The molecule has 0 N–H and O–H groups in total. The van der Waals surface area contributed by atoms with Crippen molar-refractivity contribution in [2.75, 3.05) is 0 Å². The highest BCUT2D eigenvalue weighted by Crippen LogP contribution is 2.37. The van der Waals surface area contributed by atoms with E-state index in [1.54, 1.807) is 22.4 Å². The van der Waals surface area contributed by atoms with Gasteiger partial charge in [0.25, 0.3) is 5.56 Å². The second-order valence-electron chi connectivity index (χ2n) is 4.34. The van der Waals surface area contributed by atoms with Crippen molar-refractivity contribution in [3.8, 4) is 0 Å². The van der Waals surface area contributed by atoms with E-state index in [2.05, 4.69) is 24.9 Å². The largest absolute Gasteiger partial charge is 0.269 e. The first-order valence-electron chi connectivity index (χ1n) is 4.89. The summed E-state index contributed by atoms with van der Waals surface area (Å²) in [6.45, 7) is 8.05. The molecular formula is C11H14N2OS. The Hall–Kier alpha value is -1.03. The lowest BCUT2D eigenvalue weighted by Gasteiger charge is -2.27. The number of aromatic nitrogens is 2. The second kappa shape index (κ2) is 3.23. The van der Waals surface area contributed by atoms with Gasteiger partial charge in [0.2, 0.25) is 0 Å². The van der Waals surface area contributed by atoms with Crippen LogP contribution < -0.4 is 5.56 Å². The molecule has 0 fully saturated rings. The fourth-order valence-corrected chi connectivity index (χ4v) is 3.01. The highest BCUT2D eigenvalue weighted by molar-refractivity contribution is 8.00. The number of rotatable bonds is 0. The molecule has 2 heterocycles. The molecule has 0 saturated heterocycles. The van der Waals surface area contributed by atoms with E-state index >= 15 is 0 Å². The molecule has 4 heteroatoms. The van der Waals surface area contributed by atoms with Gasteiger partial charge in [-0.25, -0.2) is 4.98 Å². The van der Waals surface area contributed by atoms with Crippen LogP contribution in [0.3, 0.4) is 0 Å². The van der Waals surface area contributed by atoms with Crippen LogP contribution in [0.1, 0.15) is 26.5 Å². The first-order chi connectivity index (χ1) is 6.89. The summed E-state index contributed by atoms with van der Waals surface area (Å²) < 4.78 is 1.68. The molecule has 0 unspecified atom stereocenters. The number of hydrogen-bond donors (Lipinski definition) is 0. The van der Waals surface area contributed by atoms with Crippen molar-refractivity contribution in [1.82, 2.24) is 9.55 Å². The standard InChI is InChI=1S/C11H14N2OS/c1-7-5-9(14)13-8(2)6-11(3,4)15-10(13)12-7/h5-6H,1-4H3. The number of allylic oxidation sites excluding steroid dienone is 1. The summed E-state index contributed by atoms with van der Waals surface area (Å²) in [7, 11) is 0. The molecule has 0 radical (unpaired) electrons. The average molecular weight is 222 g/mol. The summed E-state index contributed by atoms with van der Waals surface area (Å²) in [5.41, 5.74) is 1.75. The van der Waals surface area contributed by atoms with Crippen molar-refractivity contribution in [1.29, 1.82) is 0 Å². The lowest BCUT2D eigenvalue weighted by molar-refractivity contribution is 0.747. The van der Waals surface area contributed by atoms with Crippen LogP contribution in [0.5, 0.6) is 0 Å². The zero-order valence-electron chi connectivity index (χ0n) is 9.37. The van der Waals surface area contributed by atoms with E-state index in [1.165, 1.54) is 0 Å². The van der Waals surface area contributed by atoms with Gasteiger partial charge in [0, 0.05) is 22.2 Å². The van der Waals surface area contributed by atoms with Crippen LogP contribution in [0, 0.1) is 6.92 Å². The van der Waals surface area contributed by atoms with Crippen LogP contribution in [0.15, 0.2) is 22.1 Å². The fourth-order valence-electron chi connectivity index (χ4n) is 1.80. The van der Waals surface area contributed by atoms with Gasteiger partial charge in [0.1, 0.15) is 0 Å². The molecule has 0 aliphatic carbocycles.